The van der Waals surface area contributed by atoms with Crippen LogP contribution >= 0.6 is 0 Å². The highest BCUT2D eigenvalue weighted by Gasteiger charge is 2.30. The van der Waals surface area contributed by atoms with Gasteiger partial charge in [0.15, 0.2) is 0 Å². The highest BCUT2D eigenvalue weighted by atomic mass is 16.1. The first kappa shape index (κ1) is 15.5. The molecule has 0 unspecified atom stereocenters. The summed E-state index contributed by atoms with van der Waals surface area (Å²) in [4.78, 5) is 14.9. The molecule has 2 heterocycles. The molecule has 1 aliphatic heterocycles. The Morgan fingerprint density at radius 1 is 1.14 bits per heavy atom. The fraction of sp³-hybridized carbons (Fsp3) is 0.812. The van der Waals surface area contributed by atoms with E-state index in [0.717, 1.165) is 44.9 Å². The molecular weight excluding hydrogens is 278 g/mol. The number of nitrogens with one attached hydrogen (secondary N) is 1. The minimum atomic E-state index is 0.185. The second kappa shape index (κ2) is 7.72. The molecular formula is C16H27N5O. The first-order chi connectivity index (χ1) is 10.8. The zero-order chi connectivity index (χ0) is 15.2. The lowest BCUT2D eigenvalue weighted by atomic mass is 9.95. The molecule has 1 saturated heterocycles. The van der Waals surface area contributed by atoms with Gasteiger partial charge in [0.05, 0.1) is 5.92 Å². The number of aryl methyl sites for hydroxylation is 1. The van der Waals surface area contributed by atoms with Gasteiger partial charge in [0, 0.05) is 25.7 Å². The lowest BCUT2D eigenvalue weighted by Crippen LogP contribution is -2.46. The minimum Gasteiger partial charge on any atom is -0.356 e. The fourth-order valence-electron chi connectivity index (χ4n) is 3.78. The van der Waals surface area contributed by atoms with Crippen LogP contribution in [-0.4, -0.2) is 51.2 Å². The van der Waals surface area contributed by atoms with Gasteiger partial charge in [0.2, 0.25) is 5.91 Å². The summed E-state index contributed by atoms with van der Waals surface area (Å²) < 4.78 is 1.94. The summed E-state index contributed by atoms with van der Waals surface area (Å²) in [6.45, 7) is 3.73. The van der Waals surface area contributed by atoms with Crippen LogP contribution in [0.25, 0.3) is 0 Å². The third-order valence-electron chi connectivity index (χ3n) is 5.02. The minimum absolute atomic E-state index is 0.185. The lowest BCUT2D eigenvalue weighted by Gasteiger charge is -2.36. The molecule has 1 aromatic rings. The third-order valence-corrected chi connectivity index (χ3v) is 5.02. The number of piperidine rings is 1. The summed E-state index contributed by atoms with van der Waals surface area (Å²) in [6, 6.07) is 0.740. The molecule has 1 aromatic heterocycles. The van der Waals surface area contributed by atoms with E-state index in [4.69, 9.17) is 0 Å². The van der Waals surface area contributed by atoms with E-state index < -0.39 is 0 Å². The highest BCUT2D eigenvalue weighted by molar-refractivity contribution is 5.78. The molecule has 122 valence electrons. The summed E-state index contributed by atoms with van der Waals surface area (Å²) in [5.74, 6) is 0.427. The van der Waals surface area contributed by atoms with Crippen molar-refractivity contribution in [2.24, 2.45) is 5.92 Å². The monoisotopic (exact) mass is 305 g/mol. The molecule has 1 saturated carbocycles. The van der Waals surface area contributed by atoms with Gasteiger partial charge >= 0.3 is 0 Å². The SMILES string of the molecule is O=C(NCCCn1cnnc1)[C@H]1CCCN(C2CCCC2)C1. The Bertz CT molecular complexity index is 455. The van der Waals surface area contributed by atoms with Crippen LogP contribution in [0.1, 0.15) is 44.9 Å². The number of nitrogens with zero attached hydrogens (tertiary/aromatic N) is 4. The molecule has 1 atom stereocenters. The van der Waals surface area contributed by atoms with E-state index in [2.05, 4.69) is 20.4 Å². The molecule has 0 bridgehead atoms. The number of amides is 1. The first-order valence-corrected chi connectivity index (χ1v) is 8.67. The smallest absolute Gasteiger partial charge is 0.224 e. The maximum absolute atomic E-state index is 12.4. The van der Waals surface area contributed by atoms with Crippen molar-refractivity contribution in [1.29, 1.82) is 0 Å². The van der Waals surface area contributed by atoms with Crippen molar-refractivity contribution in [3.63, 3.8) is 0 Å². The van der Waals surface area contributed by atoms with Crippen LogP contribution in [-0.2, 0) is 11.3 Å². The van der Waals surface area contributed by atoms with E-state index >= 15 is 0 Å². The van der Waals surface area contributed by atoms with Crippen molar-refractivity contribution >= 4 is 5.91 Å². The number of hydrogen-bond donors (Lipinski definition) is 1. The first-order valence-electron chi connectivity index (χ1n) is 8.67. The van der Waals surface area contributed by atoms with E-state index in [1.807, 2.05) is 4.57 Å². The topological polar surface area (TPSA) is 63.1 Å². The molecule has 3 rings (SSSR count). The Morgan fingerprint density at radius 2 is 1.91 bits per heavy atom. The van der Waals surface area contributed by atoms with E-state index in [9.17, 15) is 4.79 Å². The lowest BCUT2D eigenvalue weighted by molar-refractivity contribution is -0.127. The van der Waals surface area contributed by atoms with Gasteiger partial charge in [-0.1, -0.05) is 12.8 Å². The van der Waals surface area contributed by atoms with Gasteiger partial charge in [-0.3, -0.25) is 9.69 Å². The van der Waals surface area contributed by atoms with Gasteiger partial charge in [-0.05, 0) is 38.6 Å². The van der Waals surface area contributed by atoms with E-state index in [0.29, 0.717) is 0 Å². The molecule has 1 aliphatic carbocycles. The predicted octanol–water partition coefficient (Wildman–Crippen LogP) is 1.44. The summed E-state index contributed by atoms with van der Waals surface area (Å²) in [6.07, 6.45) is 11.9. The molecule has 1 N–H and O–H groups in total. The van der Waals surface area contributed by atoms with E-state index in [1.54, 1.807) is 12.7 Å². The number of rotatable bonds is 6. The molecule has 22 heavy (non-hydrogen) atoms. The van der Waals surface area contributed by atoms with Crippen LogP contribution in [0.15, 0.2) is 12.7 Å². The maximum atomic E-state index is 12.4. The van der Waals surface area contributed by atoms with Gasteiger partial charge in [-0.15, -0.1) is 10.2 Å². The van der Waals surface area contributed by atoms with Crippen molar-refractivity contribution in [3.05, 3.63) is 12.7 Å². The van der Waals surface area contributed by atoms with Crippen molar-refractivity contribution in [1.82, 2.24) is 25.0 Å². The van der Waals surface area contributed by atoms with Crippen molar-refractivity contribution < 1.29 is 4.79 Å². The number of carbonyl (C=O) groups excluding carboxylic acids is 1. The summed E-state index contributed by atoms with van der Waals surface area (Å²) in [5, 5.41) is 10.7. The van der Waals surface area contributed by atoms with E-state index in [-0.39, 0.29) is 11.8 Å². The van der Waals surface area contributed by atoms with E-state index in [1.165, 1.54) is 32.2 Å². The quantitative estimate of drug-likeness (QED) is 0.808. The maximum Gasteiger partial charge on any atom is 0.224 e. The van der Waals surface area contributed by atoms with Crippen LogP contribution in [0, 0.1) is 5.92 Å². The van der Waals surface area contributed by atoms with Crippen LogP contribution < -0.4 is 5.32 Å². The van der Waals surface area contributed by atoms with Crippen molar-refractivity contribution in [2.45, 2.75) is 57.5 Å². The Balaban J connectivity index is 1.37. The number of hydrogen-bond acceptors (Lipinski definition) is 4. The van der Waals surface area contributed by atoms with Crippen LogP contribution in [0.4, 0.5) is 0 Å². The third kappa shape index (κ3) is 4.06. The molecule has 0 spiro atoms. The predicted molar refractivity (Wildman–Crippen MR) is 84.2 cm³/mol. The normalized spacial score (nSPS) is 23.7. The van der Waals surface area contributed by atoms with Gasteiger partial charge < -0.3 is 9.88 Å². The summed E-state index contributed by atoms with van der Waals surface area (Å²) in [7, 11) is 0. The molecule has 6 nitrogen and oxygen atoms in total. The molecule has 0 aromatic carbocycles. The summed E-state index contributed by atoms with van der Waals surface area (Å²) >= 11 is 0. The summed E-state index contributed by atoms with van der Waals surface area (Å²) in [5.41, 5.74) is 0. The number of aromatic nitrogens is 3. The fourth-order valence-corrected chi connectivity index (χ4v) is 3.78. The van der Waals surface area contributed by atoms with Crippen molar-refractivity contribution in [3.8, 4) is 0 Å². The number of likely N-dealkylation sites (tertiary alicyclic amines) is 1. The van der Waals surface area contributed by atoms with Gasteiger partial charge in [-0.2, -0.15) is 0 Å². The molecule has 6 heteroatoms. The van der Waals surface area contributed by atoms with Crippen LogP contribution in [0.3, 0.4) is 0 Å². The molecule has 1 amide bonds. The Hall–Kier alpha value is -1.43. The second-order valence-corrected chi connectivity index (χ2v) is 6.62. The highest BCUT2D eigenvalue weighted by Crippen LogP contribution is 2.27. The second-order valence-electron chi connectivity index (χ2n) is 6.62. The molecule has 2 aliphatic rings. The Kier molecular flexibility index (Phi) is 5.43. The van der Waals surface area contributed by atoms with Crippen LogP contribution in [0.5, 0.6) is 0 Å². The van der Waals surface area contributed by atoms with Gasteiger partial charge in [0.1, 0.15) is 12.7 Å². The average Bonchev–Trinajstić information content (AvgIpc) is 3.24. The Labute approximate surface area is 132 Å². The molecule has 0 radical (unpaired) electrons. The van der Waals surface area contributed by atoms with Gasteiger partial charge in [-0.25, -0.2) is 0 Å². The van der Waals surface area contributed by atoms with Crippen LogP contribution in [0.2, 0.25) is 0 Å². The van der Waals surface area contributed by atoms with Crippen molar-refractivity contribution in [2.75, 3.05) is 19.6 Å². The average molecular weight is 305 g/mol. The zero-order valence-electron chi connectivity index (χ0n) is 13.3. The standard InChI is InChI=1S/C16H27N5O/c22-16(17-8-4-9-20-12-18-19-13-20)14-5-3-10-21(11-14)15-6-1-2-7-15/h12-15H,1-11H2,(H,17,22)/t14-/m0/s1. The largest absolute Gasteiger partial charge is 0.356 e. The Morgan fingerprint density at radius 3 is 2.68 bits per heavy atom. The zero-order valence-corrected chi connectivity index (χ0v) is 13.3. The molecule has 2 fully saturated rings. The number of carbonyl (C=O) groups is 1. The van der Waals surface area contributed by atoms with Gasteiger partial charge in [0.25, 0.3) is 0 Å².